The van der Waals surface area contributed by atoms with Crippen LogP contribution in [0.3, 0.4) is 0 Å². The molecule has 2 aromatic carbocycles. The molecule has 0 bridgehead atoms. The van der Waals surface area contributed by atoms with Crippen LogP contribution in [0.1, 0.15) is 18.1 Å². The molecular weight excluding hydrogens is 213 g/mol. The molecule has 0 aliphatic rings. The van der Waals surface area contributed by atoms with E-state index in [9.17, 15) is 4.39 Å². The lowest BCUT2D eigenvalue weighted by molar-refractivity contribution is 0.619. The predicted molar refractivity (Wildman–Crippen MR) is 70.4 cm³/mol. The van der Waals surface area contributed by atoms with E-state index in [0.717, 1.165) is 28.8 Å². The lowest BCUT2D eigenvalue weighted by Gasteiger charge is -2.08. The van der Waals surface area contributed by atoms with Gasteiger partial charge in [-0.25, -0.2) is 4.39 Å². The Morgan fingerprint density at radius 2 is 1.71 bits per heavy atom. The molecule has 2 aromatic rings. The molecule has 2 heteroatoms. The highest BCUT2D eigenvalue weighted by Gasteiger charge is 2.04. The molecule has 17 heavy (non-hydrogen) atoms. The molecule has 0 radical (unpaired) electrons. The lowest BCUT2D eigenvalue weighted by Crippen LogP contribution is -1.93. The minimum Gasteiger partial charge on any atom is -0.399 e. The molecule has 0 aliphatic heterocycles. The summed E-state index contributed by atoms with van der Waals surface area (Å²) >= 11 is 0. The largest absolute Gasteiger partial charge is 0.399 e. The lowest BCUT2D eigenvalue weighted by atomic mass is 9.99. The minimum absolute atomic E-state index is 0.167. The second-order valence-electron chi connectivity index (χ2n) is 4.23. The average molecular weight is 229 g/mol. The van der Waals surface area contributed by atoms with Gasteiger partial charge in [-0.3, -0.25) is 0 Å². The van der Waals surface area contributed by atoms with Gasteiger partial charge in [-0.15, -0.1) is 0 Å². The summed E-state index contributed by atoms with van der Waals surface area (Å²) in [6.45, 7) is 3.85. The summed E-state index contributed by atoms with van der Waals surface area (Å²) in [5, 5.41) is 0. The fourth-order valence-electron chi connectivity index (χ4n) is 1.92. The summed E-state index contributed by atoms with van der Waals surface area (Å²) in [6.07, 6.45) is 0.903. The second-order valence-corrected chi connectivity index (χ2v) is 4.23. The van der Waals surface area contributed by atoms with Crippen LogP contribution < -0.4 is 5.73 Å². The number of hydrogen-bond acceptors (Lipinski definition) is 1. The molecular formula is C15H16FN. The Hall–Kier alpha value is -1.83. The molecule has 0 saturated carbocycles. The molecule has 0 amide bonds. The Bertz CT molecular complexity index is 547. The van der Waals surface area contributed by atoms with E-state index in [-0.39, 0.29) is 5.82 Å². The van der Waals surface area contributed by atoms with Gasteiger partial charge >= 0.3 is 0 Å². The standard InChI is InChI=1S/C15H16FN/c1-3-11-9-13(5-7-15(11)17)12-4-6-14(16)10(2)8-12/h4-9H,3,17H2,1-2H3. The van der Waals surface area contributed by atoms with Crippen molar-refractivity contribution in [3.63, 3.8) is 0 Å². The third-order valence-electron chi connectivity index (χ3n) is 3.02. The third kappa shape index (κ3) is 2.31. The van der Waals surface area contributed by atoms with Gasteiger partial charge in [0.05, 0.1) is 0 Å². The van der Waals surface area contributed by atoms with Gasteiger partial charge < -0.3 is 5.73 Å². The number of benzene rings is 2. The van der Waals surface area contributed by atoms with Crippen molar-refractivity contribution in [1.82, 2.24) is 0 Å². The van der Waals surface area contributed by atoms with Crippen molar-refractivity contribution < 1.29 is 4.39 Å². The van der Waals surface area contributed by atoms with Crippen LogP contribution in [-0.4, -0.2) is 0 Å². The van der Waals surface area contributed by atoms with Gasteiger partial charge in [0.2, 0.25) is 0 Å². The number of halogens is 1. The van der Waals surface area contributed by atoms with Crippen LogP contribution in [0.25, 0.3) is 11.1 Å². The molecule has 0 heterocycles. The zero-order chi connectivity index (χ0) is 12.4. The van der Waals surface area contributed by atoms with Gasteiger partial charge in [-0.2, -0.15) is 0 Å². The van der Waals surface area contributed by atoms with Crippen LogP contribution in [0, 0.1) is 12.7 Å². The van der Waals surface area contributed by atoms with Gasteiger partial charge in [0.25, 0.3) is 0 Å². The number of nitrogen functional groups attached to an aromatic ring is 1. The van der Waals surface area contributed by atoms with E-state index in [1.54, 1.807) is 13.0 Å². The molecule has 0 unspecified atom stereocenters. The van der Waals surface area contributed by atoms with Gasteiger partial charge in [0.15, 0.2) is 0 Å². The maximum atomic E-state index is 13.2. The summed E-state index contributed by atoms with van der Waals surface area (Å²) in [4.78, 5) is 0. The van der Waals surface area contributed by atoms with Crippen LogP contribution >= 0.6 is 0 Å². The monoisotopic (exact) mass is 229 g/mol. The smallest absolute Gasteiger partial charge is 0.126 e. The number of hydrogen-bond donors (Lipinski definition) is 1. The molecule has 1 nitrogen and oxygen atoms in total. The second kappa shape index (κ2) is 4.58. The number of rotatable bonds is 2. The number of anilines is 1. The first kappa shape index (κ1) is 11.6. The Morgan fingerprint density at radius 1 is 1.06 bits per heavy atom. The molecule has 0 aromatic heterocycles. The Kier molecular flexibility index (Phi) is 3.14. The Labute approximate surface area is 101 Å². The van der Waals surface area contributed by atoms with Crippen molar-refractivity contribution in [3.8, 4) is 11.1 Å². The summed E-state index contributed by atoms with van der Waals surface area (Å²) in [6, 6.07) is 11.1. The van der Waals surface area contributed by atoms with E-state index in [2.05, 4.69) is 13.0 Å². The first-order valence-corrected chi connectivity index (χ1v) is 5.76. The van der Waals surface area contributed by atoms with Crippen molar-refractivity contribution in [2.24, 2.45) is 0 Å². The molecule has 0 fully saturated rings. The van der Waals surface area contributed by atoms with Crippen molar-refractivity contribution >= 4 is 5.69 Å². The Morgan fingerprint density at radius 3 is 2.35 bits per heavy atom. The maximum absolute atomic E-state index is 13.2. The van der Waals surface area contributed by atoms with Gasteiger partial charge in [0, 0.05) is 5.69 Å². The van der Waals surface area contributed by atoms with Crippen LogP contribution in [0.2, 0.25) is 0 Å². The predicted octanol–water partition coefficient (Wildman–Crippen LogP) is 3.95. The highest BCUT2D eigenvalue weighted by Crippen LogP contribution is 2.25. The zero-order valence-electron chi connectivity index (χ0n) is 10.1. The summed E-state index contributed by atoms with van der Waals surface area (Å²) < 4.78 is 13.2. The highest BCUT2D eigenvalue weighted by atomic mass is 19.1. The fourth-order valence-corrected chi connectivity index (χ4v) is 1.92. The topological polar surface area (TPSA) is 26.0 Å². The first-order chi connectivity index (χ1) is 8.11. The van der Waals surface area contributed by atoms with Crippen molar-refractivity contribution in [1.29, 1.82) is 0 Å². The molecule has 0 aliphatic carbocycles. The summed E-state index contributed by atoms with van der Waals surface area (Å²) in [5.41, 5.74) is 10.6. The van der Waals surface area contributed by atoms with Gasteiger partial charge in [0.1, 0.15) is 5.82 Å². The first-order valence-electron chi connectivity index (χ1n) is 5.76. The molecule has 2 rings (SSSR count). The van der Waals surface area contributed by atoms with Crippen LogP contribution in [-0.2, 0) is 6.42 Å². The van der Waals surface area contributed by atoms with Gasteiger partial charge in [-0.05, 0) is 59.9 Å². The van der Waals surface area contributed by atoms with Crippen molar-refractivity contribution in [2.75, 3.05) is 5.73 Å². The highest BCUT2D eigenvalue weighted by molar-refractivity contribution is 5.68. The molecule has 0 spiro atoms. The molecule has 0 atom stereocenters. The zero-order valence-corrected chi connectivity index (χ0v) is 10.1. The summed E-state index contributed by atoms with van der Waals surface area (Å²) in [5.74, 6) is -0.167. The van der Waals surface area contributed by atoms with E-state index in [0.29, 0.717) is 5.56 Å². The molecule has 88 valence electrons. The van der Waals surface area contributed by atoms with Crippen LogP contribution in [0.15, 0.2) is 36.4 Å². The van der Waals surface area contributed by atoms with E-state index < -0.39 is 0 Å². The number of aryl methyl sites for hydroxylation is 2. The average Bonchev–Trinajstić information content (AvgIpc) is 2.33. The third-order valence-corrected chi connectivity index (χ3v) is 3.02. The minimum atomic E-state index is -0.167. The van der Waals surface area contributed by atoms with Crippen LogP contribution in [0.5, 0.6) is 0 Å². The summed E-state index contributed by atoms with van der Waals surface area (Å²) in [7, 11) is 0. The van der Waals surface area contributed by atoms with E-state index in [4.69, 9.17) is 5.73 Å². The number of nitrogens with two attached hydrogens (primary N) is 1. The Balaban J connectivity index is 2.49. The fraction of sp³-hybridized carbons (Fsp3) is 0.200. The van der Waals surface area contributed by atoms with E-state index in [1.807, 2.05) is 18.2 Å². The van der Waals surface area contributed by atoms with E-state index >= 15 is 0 Å². The maximum Gasteiger partial charge on any atom is 0.126 e. The van der Waals surface area contributed by atoms with Crippen molar-refractivity contribution in [3.05, 3.63) is 53.3 Å². The quantitative estimate of drug-likeness (QED) is 0.775. The van der Waals surface area contributed by atoms with Gasteiger partial charge in [-0.1, -0.05) is 19.1 Å². The molecule has 0 saturated heterocycles. The SMILES string of the molecule is CCc1cc(-c2ccc(F)c(C)c2)ccc1N. The normalized spacial score (nSPS) is 10.5. The van der Waals surface area contributed by atoms with E-state index in [1.165, 1.54) is 6.07 Å². The molecule has 2 N–H and O–H groups in total. The van der Waals surface area contributed by atoms with Crippen molar-refractivity contribution in [2.45, 2.75) is 20.3 Å². The van der Waals surface area contributed by atoms with Crippen LogP contribution in [0.4, 0.5) is 10.1 Å².